The molecule has 2 heterocycles. The van der Waals surface area contributed by atoms with Gasteiger partial charge in [0.2, 0.25) is 0 Å². The number of nitrogens with zero attached hydrogens (tertiary/aromatic N) is 2. The molecule has 1 spiro atoms. The molecule has 0 radical (unpaired) electrons. The zero-order chi connectivity index (χ0) is 13.2. The van der Waals surface area contributed by atoms with E-state index in [4.69, 9.17) is 9.47 Å². The van der Waals surface area contributed by atoms with Crippen LogP contribution in [-0.2, 0) is 19.7 Å². The van der Waals surface area contributed by atoms with Crippen LogP contribution in [0, 0.1) is 0 Å². The van der Waals surface area contributed by atoms with E-state index in [9.17, 15) is 8.42 Å². The molecule has 0 bridgehead atoms. The van der Waals surface area contributed by atoms with Gasteiger partial charge in [-0.25, -0.2) is 0 Å². The lowest BCUT2D eigenvalue weighted by Gasteiger charge is -2.38. The molecule has 2 aliphatic rings. The summed E-state index contributed by atoms with van der Waals surface area (Å²) in [5.74, 6) is -0.519. The summed E-state index contributed by atoms with van der Waals surface area (Å²) in [6, 6.07) is 0. The molecule has 2 saturated heterocycles. The fraction of sp³-hybridized carbons (Fsp3) is 1.00. The normalized spacial score (nSPS) is 25.1. The van der Waals surface area contributed by atoms with Crippen LogP contribution < -0.4 is 0 Å². The van der Waals surface area contributed by atoms with E-state index in [1.807, 2.05) is 13.8 Å². The van der Waals surface area contributed by atoms with Crippen LogP contribution in [0.3, 0.4) is 0 Å². The van der Waals surface area contributed by atoms with Crippen molar-refractivity contribution in [2.75, 3.05) is 39.4 Å². The van der Waals surface area contributed by atoms with Crippen molar-refractivity contribution in [3.8, 4) is 0 Å². The van der Waals surface area contributed by atoms with Gasteiger partial charge in [0.15, 0.2) is 5.79 Å². The highest BCUT2D eigenvalue weighted by Gasteiger charge is 2.43. The third kappa shape index (κ3) is 2.55. The third-order valence-electron chi connectivity index (χ3n) is 3.66. The zero-order valence-corrected chi connectivity index (χ0v) is 11.9. The van der Waals surface area contributed by atoms with E-state index in [0.717, 1.165) is 0 Å². The van der Waals surface area contributed by atoms with E-state index in [0.29, 0.717) is 52.2 Å². The molecular formula is C11H22N2O4S. The summed E-state index contributed by atoms with van der Waals surface area (Å²) in [5, 5.41) is 0. The Morgan fingerprint density at radius 3 is 2.06 bits per heavy atom. The Balaban J connectivity index is 2.00. The fourth-order valence-electron chi connectivity index (χ4n) is 2.56. The minimum absolute atomic E-state index is 0.471. The van der Waals surface area contributed by atoms with E-state index in [1.165, 1.54) is 8.61 Å². The molecule has 0 N–H and O–H groups in total. The molecule has 2 rings (SSSR count). The molecular weight excluding hydrogens is 256 g/mol. The monoisotopic (exact) mass is 278 g/mol. The maximum Gasteiger partial charge on any atom is 0.281 e. The number of piperidine rings is 1. The van der Waals surface area contributed by atoms with Crippen LogP contribution in [0.1, 0.15) is 26.7 Å². The van der Waals surface area contributed by atoms with E-state index in [2.05, 4.69) is 0 Å². The van der Waals surface area contributed by atoms with Crippen molar-refractivity contribution in [1.29, 1.82) is 0 Å². The summed E-state index contributed by atoms with van der Waals surface area (Å²) < 4.78 is 38.9. The standard InChI is InChI=1S/C11H22N2O4S/c1-3-12(4-2)18(14,15)13-7-5-11(6-8-13)16-9-10-17-11/h3-10H2,1-2H3. The molecule has 0 aliphatic carbocycles. The van der Waals surface area contributed by atoms with Crippen molar-refractivity contribution in [3.05, 3.63) is 0 Å². The first-order valence-corrected chi connectivity index (χ1v) is 7.97. The Morgan fingerprint density at radius 2 is 1.61 bits per heavy atom. The van der Waals surface area contributed by atoms with Crippen molar-refractivity contribution in [2.45, 2.75) is 32.5 Å². The average Bonchev–Trinajstić information content (AvgIpc) is 2.79. The van der Waals surface area contributed by atoms with Gasteiger partial charge in [0.25, 0.3) is 10.2 Å². The summed E-state index contributed by atoms with van der Waals surface area (Å²) in [6.45, 7) is 6.90. The van der Waals surface area contributed by atoms with E-state index < -0.39 is 16.0 Å². The zero-order valence-electron chi connectivity index (χ0n) is 11.1. The minimum Gasteiger partial charge on any atom is -0.347 e. The maximum absolute atomic E-state index is 12.3. The third-order valence-corrected chi connectivity index (χ3v) is 5.84. The van der Waals surface area contributed by atoms with Gasteiger partial charge in [-0.3, -0.25) is 0 Å². The van der Waals surface area contributed by atoms with Crippen LogP contribution in [-0.4, -0.2) is 62.2 Å². The lowest BCUT2D eigenvalue weighted by molar-refractivity contribution is -0.179. The Morgan fingerprint density at radius 1 is 1.11 bits per heavy atom. The second-order valence-corrected chi connectivity index (χ2v) is 6.53. The van der Waals surface area contributed by atoms with Gasteiger partial charge in [-0.1, -0.05) is 13.8 Å². The Hall–Kier alpha value is -0.210. The van der Waals surface area contributed by atoms with Gasteiger partial charge in [0, 0.05) is 39.0 Å². The Bertz CT molecular complexity index is 365. The van der Waals surface area contributed by atoms with E-state index in [-0.39, 0.29) is 0 Å². The van der Waals surface area contributed by atoms with Crippen LogP contribution in [0.25, 0.3) is 0 Å². The van der Waals surface area contributed by atoms with Crippen LogP contribution >= 0.6 is 0 Å². The SMILES string of the molecule is CCN(CC)S(=O)(=O)N1CCC2(CC1)OCCO2. The van der Waals surface area contributed by atoms with Crippen molar-refractivity contribution in [3.63, 3.8) is 0 Å². The van der Waals surface area contributed by atoms with Crippen molar-refractivity contribution < 1.29 is 17.9 Å². The van der Waals surface area contributed by atoms with Crippen molar-refractivity contribution >= 4 is 10.2 Å². The summed E-state index contributed by atoms with van der Waals surface area (Å²) in [6.07, 6.45) is 1.24. The molecule has 2 fully saturated rings. The highest BCUT2D eigenvalue weighted by atomic mass is 32.2. The number of hydrogen-bond donors (Lipinski definition) is 0. The smallest absolute Gasteiger partial charge is 0.281 e. The molecule has 0 atom stereocenters. The van der Waals surface area contributed by atoms with Crippen LogP contribution in [0.4, 0.5) is 0 Å². The van der Waals surface area contributed by atoms with Gasteiger partial charge in [-0.15, -0.1) is 0 Å². The van der Waals surface area contributed by atoms with Gasteiger partial charge in [-0.2, -0.15) is 17.0 Å². The molecule has 0 unspecified atom stereocenters. The van der Waals surface area contributed by atoms with Crippen molar-refractivity contribution in [1.82, 2.24) is 8.61 Å². The van der Waals surface area contributed by atoms with Crippen LogP contribution in [0.15, 0.2) is 0 Å². The van der Waals surface area contributed by atoms with Gasteiger partial charge >= 0.3 is 0 Å². The Kier molecular flexibility index (Phi) is 4.28. The predicted molar refractivity (Wildman–Crippen MR) is 67.3 cm³/mol. The second kappa shape index (κ2) is 5.42. The molecule has 6 nitrogen and oxygen atoms in total. The van der Waals surface area contributed by atoms with Gasteiger partial charge in [0.05, 0.1) is 13.2 Å². The van der Waals surface area contributed by atoms with E-state index in [1.54, 1.807) is 0 Å². The quantitative estimate of drug-likeness (QED) is 0.747. The van der Waals surface area contributed by atoms with Gasteiger partial charge in [-0.05, 0) is 0 Å². The largest absolute Gasteiger partial charge is 0.347 e. The highest BCUT2D eigenvalue weighted by Crippen LogP contribution is 2.32. The van der Waals surface area contributed by atoms with Crippen molar-refractivity contribution in [2.24, 2.45) is 0 Å². The lowest BCUT2D eigenvalue weighted by Crippen LogP contribution is -2.51. The first kappa shape index (κ1) is 14.2. The minimum atomic E-state index is -3.31. The highest BCUT2D eigenvalue weighted by molar-refractivity contribution is 7.86. The first-order chi connectivity index (χ1) is 8.54. The molecule has 0 amide bonds. The summed E-state index contributed by atoms with van der Waals surface area (Å²) in [7, 11) is -3.31. The molecule has 0 aromatic rings. The van der Waals surface area contributed by atoms with Crippen LogP contribution in [0.5, 0.6) is 0 Å². The second-order valence-electron chi connectivity index (χ2n) is 4.60. The Labute approximate surface area is 109 Å². The van der Waals surface area contributed by atoms with Crippen LogP contribution in [0.2, 0.25) is 0 Å². The topological polar surface area (TPSA) is 59.1 Å². The fourth-order valence-corrected chi connectivity index (χ4v) is 4.18. The average molecular weight is 278 g/mol. The molecule has 106 valence electrons. The first-order valence-electron chi connectivity index (χ1n) is 6.57. The lowest BCUT2D eigenvalue weighted by atomic mass is 10.1. The summed E-state index contributed by atoms with van der Waals surface area (Å²) in [4.78, 5) is 0. The molecule has 0 aromatic heterocycles. The number of hydrogen-bond acceptors (Lipinski definition) is 4. The summed E-state index contributed by atoms with van der Waals surface area (Å²) in [5.41, 5.74) is 0. The molecule has 2 aliphatic heterocycles. The molecule has 7 heteroatoms. The van der Waals surface area contributed by atoms with E-state index >= 15 is 0 Å². The molecule has 18 heavy (non-hydrogen) atoms. The predicted octanol–water partition coefficient (Wildman–Crippen LogP) is 0.412. The number of ether oxygens (including phenoxy) is 2. The van der Waals surface area contributed by atoms with Gasteiger partial charge < -0.3 is 9.47 Å². The maximum atomic E-state index is 12.3. The summed E-state index contributed by atoms with van der Waals surface area (Å²) >= 11 is 0. The molecule has 0 aromatic carbocycles. The number of rotatable bonds is 4. The molecule has 0 saturated carbocycles. The van der Waals surface area contributed by atoms with Gasteiger partial charge in [0.1, 0.15) is 0 Å².